The van der Waals surface area contributed by atoms with E-state index in [1.165, 1.54) is 6.42 Å². The van der Waals surface area contributed by atoms with Crippen molar-refractivity contribution in [2.75, 3.05) is 0 Å². The fraction of sp³-hybridized carbons (Fsp3) is 0.917. The van der Waals surface area contributed by atoms with Crippen LogP contribution in [0.15, 0.2) is 0 Å². The minimum Gasteiger partial charge on any atom is -0.458 e. The number of carbonyl (C=O) groups is 2. The summed E-state index contributed by atoms with van der Waals surface area (Å²) in [5.41, 5.74) is -0.943. The second-order valence-electron chi connectivity index (χ2n) is 12.1. The Morgan fingerprint density at radius 3 is 2.46 bits per heavy atom. The van der Waals surface area contributed by atoms with Gasteiger partial charge < -0.3 is 9.84 Å². The molecule has 1 aliphatic heterocycles. The maximum atomic E-state index is 12.3. The Labute approximate surface area is 166 Å². The van der Waals surface area contributed by atoms with Crippen LogP contribution >= 0.6 is 0 Å². The van der Waals surface area contributed by atoms with Gasteiger partial charge in [0, 0.05) is 36.0 Å². The molecule has 0 amide bonds. The zero-order chi connectivity index (χ0) is 19.3. The van der Waals surface area contributed by atoms with Crippen LogP contribution in [0.25, 0.3) is 0 Å². The summed E-state index contributed by atoms with van der Waals surface area (Å²) in [6.45, 7) is 4.77. The lowest BCUT2D eigenvalue weighted by Gasteiger charge is -2.64. The van der Waals surface area contributed by atoms with Crippen molar-refractivity contribution in [3.8, 4) is 0 Å². The molecule has 28 heavy (non-hydrogen) atoms. The summed E-state index contributed by atoms with van der Waals surface area (Å²) in [4.78, 5) is 24.4. The normalized spacial score (nSPS) is 65.8. The smallest absolute Gasteiger partial charge is 0.306 e. The molecule has 1 saturated heterocycles. The topological polar surface area (TPSA) is 63.6 Å². The van der Waals surface area contributed by atoms with Crippen molar-refractivity contribution in [1.29, 1.82) is 0 Å². The maximum absolute atomic E-state index is 12.3. The SMILES string of the molecule is CC12CCC(=O)CC1(O)[C@@H]1C[C@@H]1C1C2CCC2(C)C1C1C[C@@H]1[C@@]21CCC(=O)O1. The van der Waals surface area contributed by atoms with Crippen molar-refractivity contribution in [1.82, 2.24) is 0 Å². The molecule has 152 valence electrons. The molecule has 1 heterocycles. The van der Waals surface area contributed by atoms with Crippen LogP contribution in [0, 0.1) is 52.3 Å². The van der Waals surface area contributed by atoms with Gasteiger partial charge in [-0.25, -0.2) is 0 Å². The van der Waals surface area contributed by atoms with Gasteiger partial charge >= 0.3 is 5.97 Å². The third kappa shape index (κ3) is 1.55. The molecule has 4 heteroatoms. The third-order valence-corrected chi connectivity index (χ3v) is 11.6. The summed E-state index contributed by atoms with van der Waals surface area (Å²) < 4.78 is 6.20. The molecule has 1 N–H and O–H groups in total. The van der Waals surface area contributed by atoms with E-state index in [1.807, 2.05) is 0 Å². The average molecular weight is 385 g/mol. The Balaban J connectivity index is 1.32. The maximum Gasteiger partial charge on any atom is 0.306 e. The molecule has 4 nitrogen and oxygen atoms in total. The Morgan fingerprint density at radius 1 is 0.929 bits per heavy atom. The molecule has 11 atom stereocenters. The van der Waals surface area contributed by atoms with Gasteiger partial charge in [0.25, 0.3) is 0 Å². The average Bonchev–Trinajstić information content (AvgIpc) is 3.54. The van der Waals surface area contributed by atoms with Crippen molar-refractivity contribution in [3.63, 3.8) is 0 Å². The minimum atomic E-state index is -0.763. The summed E-state index contributed by atoms with van der Waals surface area (Å²) in [5.74, 6) is 4.36. The minimum absolute atomic E-state index is 0.0229. The number of hydrogen-bond acceptors (Lipinski definition) is 4. The number of ketones is 1. The van der Waals surface area contributed by atoms with Crippen molar-refractivity contribution in [3.05, 3.63) is 0 Å². The summed E-state index contributed by atoms with van der Waals surface area (Å²) >= 11 is 0. The largest absolute Gasteiger partial charge is 0.458 e. The Morgan fingerprint density at radius 2 is 1.71 bits per heavy atom. The first-order valence-corrected chi connectivity index (χ1v) is 11.7. The summed E-state index contributed by atoms with van der Waals surface area (Å²) in [7, 11) is 0. The van der Waals surface area contributed by atoms with E-state index < -0.39 is 5.60 Å². The fourth-order valence-corrected chi connectivity index (χ4v) is 10.3. The predicted molar refractivity (Wildman–Crippen MR) is 101 cm³/mol. The molecule has 0 aromatic carbocycles. The van der Waals surface area contributed by atoms with Gasteiger partial charge in [0.2, 0.25) is 0 Å². The van der Waals surface area contributed by atoms with Crippen LogP contribution in [0.5, 0.6) is 0 Å². The number of aliphatic hydroxyl groups is 1. The second kappa shape index (κ2) is 4.55. The van der Waals surface area contributed by atoms with Gasteiger partial charge in [-0.3, -0.25) is 9.59 Å². The molecule has 0 aromatic heterocycles. The van der Waals surface area contributed by atoms with E-state index in [4.69, 9.17) is 4.74 Å². The van der Waals surface area contributed by atoms with Crippen LogP contribution < -0.4 is 0 Å². The van der Waals surface area contributed by atoms with Crippen LogP contribution in [-0.4, -0.2) is 28.1 Å². The van der Waals surface area contributed by atoms with Gasteiger partial charge in [-0.15, -0.1) is 0 Å². The zero-order valence-electron chi connectivity index (χ0n) is 17.1. The molecule has 7 rings (SSSR count). The van der Waals surface area contributed by atoms with E-state index in [9.17, 15) is 14.7 Å². The van der Waals surface area contributed by atoms with Crippen LogP contribution in [0.2, 0.25) is 0 Å². The molecule has 0 aromatic rings. The number of hydrogen-bond donors (Lipinski definition) is 1. The van der Waals surface area contributed by atoms with Gasteiger partial charge in [0.1, 0.15) is 11.4 Å². The Kier molecular flexibility index (Phi) is 2.74. The summed E-state index contributed by atoms with van der Waals surface area (Å²) in [6, 6.07) is 0. The highest BCUT2D eigenvalue weighted by atomic mass is 16.6. The molecule has 7 fully saturated rings. The van der Waals surface area contributed by atoms with Crippen LogP contribution in [0.4, 0.5) is 0 Å². The number of esters is 1. The van der Waals surface area contributed by atoms with Crippen molar-refractivity contribution >= 4 is 11.8 Å². The first kappa shape index (κ1) is 16.8. The molecule has 7 unspecified atom stereocenters. The Bertz CT molecular complexity index is 821. The van der Waals surface area contributed by atoms with Crippen LogP contribution in [0.1, 0.15) is 71.6 Å². The lowest BCUT2D eigenvalue weighted by molar-refractivity contribution is -0.223. The fourth-order valence-electron chi connectivity index (χ4n) is 10.3. The predicted octanol–water partition coefficient (Wildman–Crippen LogP) is 3.50. The van der Waals surface area contributed by atoms with Gasteiger partial charge in [-0.1, -0.05) is 13.8 Å². The Hall–Kier alpha value is -0.900. The highest BCUT2D eigenvalue weighted by Gasteiger charge is 2.83. The summed E-state index contributed by atoms with van der Waals surface area (Å²) in [6.07, 6.45) is 8.04. The van der Waals surface area contributed by atoms with Crippen molar-refractivity contribution < 1.29 is 19.4 Å². The molecule has 1 spiro atoms. The van der Waals surface area contributed by atoms with Crippen LogP contribution in [0.3, 0.4) is 0 Å². The molecular formula is C24H32O4. The number of ether oxygens (including phenoxy) is 1. The first-order chi connectivity index (χ1) is 13.3. The monoisotopic (exact) mass is 384 g/mol. The number of Topliss-reactive ketones (excluding diaryl/α,β-unsaturated/α-hetero) is 1. The van der Waals surface area contributed by atoms with E-state index in [0.29, 0.717) is 54.8 Å². The van der Waals surface area contributed by atoms with E-state index in [1.54, 1.807) is 0 Å². The zero-order valence-corrected chi connectivity index (χ0v) is 17.1. The first-order valence-electron chi connectivity index (χ1n) is 11.7. The second-order valence-corrected chi connectivity index (χ2v) is 12.1. The van der Waals surface area contributed by atoms with E-state index in [-0.39, 0.29) is 28.2 Å². The highest BCUT2D eigenvalue weighted by Crippen LogP contribution is 2.83. The molecule has 0 radical (unpaired) electrons. The lowest BCUT2D eigenvalue weighted by atomic mass is 9.42. The number of carbonyl (C=O) groups excluding carboxylic acids is 2. The lowest BCUT2D eigenvalue weighted by Crippen LogP contribution is -2.65. The molecule has 7 aliphatic rings. The highest BCUT2D eigenvalue weighted by molar-refractivity contribution is 5.81. The van der Waals surface area contributed by atoms with Gasteiger partial charge in [-0.05, 0) is 74.0 Å². The number of rotatable bonds is 0. The van der Waals surface area contributed by atoms with Crippen molar-refractivity contribution in [2.24, 2.45) is 52.3 Å². The third-order valence-electron chi connectivity index (χ3n) is 11.6. The summed E-state index contributed by atoms with van der Waals surface area (Å²) in [5, 5.41) is 11.8. The molecule has 0 bridgehead atoms. The number of fused-ring (bicyclic) bond motifs is 12. The van der Waals surface area contributed by atoms with Crippen molar-refractivity contribution in [2.45, 2.75) is 82.8 Å². The van der Waals surface area contributed by atoms with Crippen LogP contribution in [-0.2, 0) is 14.3 Å². The molecule has 6 aliphatic carbocycles. The van der Waals surface area contributed by atoms with E-state index >= 15 is 0 Å². The van der Waals surface area contributed by atoms with E-state index in [2.05, 4.69) is 13.8 Å². The quantitative estimate of drug-likeness (QED) is 0.649. The molecule has 6 saturated carbocycles. The van der Waals surface area contributed by atoms with Gasteiger partial charge in [0.05, 0.1) is 5.60 Å². The van der Waals surface area contributed by atoms with Gasteiger partial charge in [0.15, 0.2) is 0 Å². The molecular weight excluding hydrogens is 352 g/mol. The van der Waals surface area contributed by atoms with E-state index in [0.717, 1.165) is 38.0 Å². The van der Waals surface area contributed by atoms with Gasteiger partial charge in [-0.2, -0.15) is 0 Å². The standard InChI is InChI=1S/C24H32O4/c1-21-6-3-12(25)11-23(21,27)16-9-13(16)19-15(21)4-7-22(2)20(19)14-10-17(14)24(22)8-5-18(26)28-24/h13-17,19-20,27H,3-11H2,1-2H3/t13-,14?,15?,16+,17-,19?,20?,21?,22?,23?,24-/m0/s1.